The van der Waals surface area contributed by atoms with Crippen molar-refractivity contribution < 1.29 is 4.74 Å². The molecule has 1 aliphatic heterocycles. The van der Waals surface area contributed by atoms with E-state index in [-0.39, 0.29) is 0 Å². The number of hydrogen-bond donors (Lipinski definition) is 1. The highest BCUT2D eigenvalue weighted by Crippen LogP contribution is 2.15. The van der Waals surface area contributed by atoms with Gasteiger partial charge in [0.25, 0.3) is 0 Å². The summed E-state index contributed by atoms with van der Waals surface area (Å²) in [7, 11) is 1.72. The molecule has 1 N–H and O–H groups in total. The van der Waals surface area contributed by atoms with Crippen LogP contribution in [0.2, 0.25) is 0 Å². The maximum atomic E-state index is 5.25. The quantitative estimate of drug-likeness (QED) is 0.864. The third-order valence-electron chi connectivity index (χ3n) is 3.34. The van der Waals surface area contributed by atoms with Crippen LogP contribution in [0, 0.1) is 0 Å². The summed E-state index contributed by atoms with van der Waals surface area (Å²) in [6, 6.07) is 9.00. The fourth-order valence-electron chi connectivity index (χ4n) is 2.25. The van der Waals surface area contributed by atoms with Crippen LogP contribution >= 0.6 is 0 Å². The van der Waals surface area contributed by atoms with E-state index < -0.39 is 0 Å². The minimum atomic E-state index is 0.644. The van der Waals surface area contributed by atoms with Crippen molar-refractivity contribution in [2.24, 2.45) is 0 Å². The average molecular weight is 234 g/mol. The van der Waals surface area contributed by atoms with Crippen molar-refractivity contribution >= 4 is 0 Å². The highest BCUT2D eigenvalue weighted by atomic mass is 16.5. The zero-order valence-corrected chi connectivity index (χ0v) is 10.8. The Bertz CT molecular complexity index is 354. The molecule has 0 spiro atoms. The SMILES string of the molecule is COc1cccc(CN2CCNC(C)CC2)c1. The Hall–Kier alpha value is -1.06. The molecule has 1 fully saturated rings. The van der Waals surface area contributed by atoms with E-state index in [1.807, 2.05) is 6.07 Å². The second-order valence-corrected chi connectivity index (χ2v) is 4.77. The van der Waals surface area contributed by atoms with Crippen molar-refractivity contribution in [1.82, 2.24) is 10.2 Å². The Morgan fingerprint density at radius 1 is 1.41 bits per heavy atom. The number of hydrogen-bond acceptors (Lipinski definition) is 3. The molecule has 2 rings (SSSR count). The van der Waals surface area contributed by atoms with Crippen LogP contribution in [0.3, 0.4) is 0 Å². The molecule has 1 aromatic carbocycles. The molecule has 17 heavy (non-hydrogen) atoms. The maximum absolute atomic E-state index is 5.25. The van der Waals surface area contributed by atoms with E-state index in [4.69, 9.17) is 4.74 Å². The van der Waals surface area contributed by atoms with Crippen LogP contribution in [0.4, 0.5) is 0 Å². The molecule has 94 valence electrons. The summed E-state index contributed by atoms with van der Waals surface area (Å²) in [6.45, 7) is 6.67. The predicted octanol–water partition coefficient (Wildman–Crippen LogP) is 1.88. The van der Waals surface area contributed by atoms with Gasteiger partial charge >= 0.3 is 0 Å². The molecular formula is C14H22N2O. The zero-order chi connectivity index (χ0) is 12.1. The second-order valence-electron chi connectivity index (χ2n) is 4.77. The van der Waals surface area contributed by atoms with E-state index in [0.29, 0.717) is 6.04 Å². The molecule has 0 aromatic heterocycles. The lowest BCUT2D eigenvalue weighted by atomic mass is 10.2. The van der Waals surface area contributed by atoms with Gasteiger partial charge in [0.15, 0.2) is 0 Å². The number of ether oxygens (including phenoxy) is 1. The minimum Gasteiger partial charge on any atom is -0.497 e. The third kappa shape index (κ3) is 3.72. The average Bonchev–Trinajstić information content (AvgIpc) is 2.55. The van der Waals surface area contributed by atoms with E-state index in [1.165, 1.54) is 18.5 Å². The summed E-state index contributed by atoms with van der Waals surface area (Å²) in [5.41, 5.74) is 1.33. The van der Waals surface area contributed by atoms with Gasteiger partial charge in [-0.25, -0.2) is 0 Å². The molecule has 3 nitrogen and oxygen atoms in total. The Morgan fingerprint density at radius 3 is 3.12 bits per heavy atom. The van der Waals surface area contributed by atoms with Crippen molar-refractivity contribution in [3.05, 3.63) is 29.8 Å². The minimum absolute atomic E-state index is 0.644. The van der Waals surface area contributed by atoms with Gasteiger partial charge in [0.2, 0.25) is 0 Å². The van der Waals surface area contributed by atoms with Gasteiger partial charge < -0.3 is 10.1 Å². The van der Waals surface area contributed by atoms with Crippen LogP contribution in [0.1, 0.15) is 18.9 Å². The molecule has 0 bridgehead atoms. The lowest BCUT2D eigenvalue weighted by molar-refractivity contribution is 0.282. The first-order chi connectivity index (χ1) is 8.28. The second kappa shape index (κ2) is 6.03. The molecule has 1 unspecified atom stereocenters. The van der Waals surface area contributed by atoms with Gasteiger partial charge in [0.05, 0.1) is 7.11 Å². The Labute approximate surface area is 104 Å². The number of methoxy groups -OCH3 is 1. The molecule has 1 aliphatic rings. The maximum Gasteiger partial charge on any atom is 0.119 e. The topological polar surface area (TPSA) is 24.5 Å². The molecule has 3 heteroatoms. The Morgan fingerprint density at radius 2 is 2.29 bits per heavy atom. The van der Waals surface area contributed by atoms with Crippen LogP contribution in [0.5, 0.6) is 5.75 Å². The molecule has 1 aromatic rings. The monoisotopic (exact) mass is 234 g/mol. The molecule has 0 saturated carbocycles. The Kier molecular flexibility index (Phi) is 4.40. The number of nitrogens with one attached hydrogen (secondary N) is 1. The lowest BCUT2D eigenvalue weighted by Gasteiger charge is -2.19. The summed E-state index contributed by atoms with van der Waals surface area (Å²) in [5, 5.41) is 3.52. The molecule has 1 heterocycles. The van der Waals surface area contributed by atoms with E-state index in [1.54, 1.807) is 7.11 Å². The van der Waals surface area contributed by atoms with Gasteiger partial charge in [-0.1, -0.05) is 12.1 Å². The van der Waals surface area contributed by atoms with Crippen molar-refractivity contribution in [1.29, 1.82) is 0 Å². The van der Waals surface area contributed by atoms with Gasteiger partial charge in [-0.2, -0.15) is 0 Å². The van der Waals surface area contributed by atoms with Gasteiger partial charge in [0, 0.05) is 32.2 Å². The molecular weight excluding hydrogens is 212 g/mol. The van der Waals surface area contributed by atoms with Crippen LogP contribution < -0.4 is 10.1 Å². The molecule has 0 amide bonds. The third-order valence-corrected chi connectivity index (χ3v) is 3.34. The summed E-state index contributed by atoms with van der Waals surface area (Å²) in [6.07, 6.45) is 1.23. The molecule has 0 aliphatic carbocycles. The lowest BCUT2D eigenvalue weighted by Crippen LogP contribution is -2.28. The molecule has 1 atom stereocenters. The first-order valence-electron chi connectivity index (χ1n) is 6.36. The van der Waals surface area contributed by atoms with Crippen LogP contribution in [0.15, 0.2) is 24.3 Å². The van der Waals surface area contributed by atoms with Gasteiger partial charge in [-0.15, -0.1) is 0 Å². The molecule has 0 radical (unpaired) electrons. The van der Waals surface area contributed by atoms with E-state index in [0.717, 1.165) is 25.4 Å². The van der Waals surface area contributed by atoms with Crippen LogP contribution in [0.25, 0.3) is 0 Å². The summed E-state index contributed by atoms with van der Waals surface area (Å²) < 4.78 is 5.25. The Balaban J connectivity index is 1.94. The highest BCUT2D eigenvalue weighted by molar-refractivity contribution is 5.28. The van der Waals surface area contributed by atoms with Crippen molar-refractivity contribution in [3.63, 3.8) is 0 Å². The summed E-state index contributed by atoms with van der Waals surface area (Å²) in [4.78, 5) is 2.51. The smallest absolute Gasteiger partial charge is 0.119 e. The van der Waals surface area contributed by atoms with Crippen molar-refractivity contribution in [2.45, 2.75) is 25.9 Å². The van der Waals surface area contributed by atoms with Crippen LogP contribution in [-0.2, 0) is 6.54 Å². The van der Waals surface area contributed by atoms with Gasteiger partial charge in [-0.05, 0) is 31.0 Å². The first kappa shape index (κ1) is 12.4. The fourth-order valence-corrected chi connectivity index (χ4v) is 2.25. The van der Waals surface area contributed by atoms with Crippen molar-refractivity contribution in [2.75, 3.05) is 26.7 Å². The van der Waals surface area contributed by atoms with Crippen molar-refractivity contribution in [3.8, 4) is 5.75 Å². The molecule has 1 saturated heterocycles. The van der Waals surface area contributed by atoms with E-state index >= 15 is 0 Å². The van der Waals surface area contributed by atoms with E-state index in [9.17, 15) is 0 Å². The normalized spacial score (nSPS) is 22.1. The number of nitrogens with zero attached hydrogens (tertiary/aromatic N) is 1. The zero-order valence-electron chi connectivity index (χ0n) is 10.8. The predicted molar refractivity (Wildman–Crippen MR) is 70.4 cm³/mol. The largest absolute Gasteiger partial charge is 0.497 e. The fraction of sp³-hybridized carbons (Fsp3) is 0.571. The number of benzene rings is 1. The first-order valence-corrected chi connectivity index (χ1v) is 6.36. The summed E-state index contributed by atoms with van der Waals surface area (Å²) in [5.74, 6) is 0.948. The van der Waals surface area contributed by atoms with E-state index in [2.05, 4.69) is 35.3 Å². The highest BCUT2D eigenvalue weighted by Gasteiger charge is 2.13. The van der Waals surface area contributed by atoms with Gasteiger partial charge in [-0.3, -0.25) is 4.90 Å². The van der Waals surface area contributed by atoms with Gasteiger partial charge in [0.1, 0.15) is 5.75 Å². The number of rotatable bonds is 3. The van der Waals surface area contributed by atoms with Crippen LogP contribution in [-0.4, -0.2) is 37.7 Å². The summed E-state index contributed by atoms with van der Waals surface area (Å²) >= 11 is 0. The standard InChI is InChI=1S/C14H22N2O/c1-12-6-8-16(9-7-15-12)11-13-4-3-5-14(10-13)17-2/h3-5,10,12,15H,6-9,11H2,1-2H3.